The largest absolute Gasteiger partial charge is 0.478 e. The first kappa shape index (κ1) is 20.5. The predicted molar refractivity (Wildman–Crippen MR) is 128 cm³/mol. The molecule has 3 aromatic rings. The lowest BCUT2D eigenvalue weighted by Gasteiger charge is -2.39. The monoisotopic (exact) mass is 476 g/mol. The van der Waals surface area contributed by atoms with Crippen molar-refractivity contribution in [2.45, 2.75) is 50.2 Å². The summed E-state index contributed by atoms with van der Waals surface area (Å²) in [7, 11) is 0. The summed E-state index contributed by atoms with van der Waals surface area (Å²) in [5, 5.41) is 13.2. The molecular weight excluding hydrogens is 452 g/mol. The van der Waals surface area contributed by atoms with E-state index in [-0.39, 0.29) is 29.3 Å². The lowest BCUT2D eigenvalue weighted by molar-refractivity contribution is -0.129. The molecule has 1 aromatic heterocycles. The van der Waals surface area contributed by atoms with Crippen molar-refractivity contribution in [1.82, 2.24) is 14.5 Å². The van der Waals surface area contributed by atoms with Gasteiger partial charge in [0, 0.05) is 41.3 Å². The summed E-state index contributed by atoms with van der Waals surface area (Å²) >= 11 is 6.28. The number of imidazole rings is 1. The zero-order chi connectivity index (χ0) is 23.4. The number of hydrogen-bond acceptors (Lipinski definition) is 4. The second-order valence-corrected chi connectivity index (χ2v) is 10.7. The number of nitrogens with zero attached hydrogens (tertiary/aromatic N) is 3. The van der Waals surface area contributed by atoms with E-state index in [0.29, 0.717) is 16.5 Å². The van der Waals surface area contributed by atoms with Gasteiger partial charge in [-0.1, -0.05) is 24.6 Å². The second-order valence-electron chi connectivity index (χ2n) is 10.3. The van der Waals surface area contributed by atoms with E-state index in [9.17, 15) is 14.7 Å². The minimum absolute atomic E-state index is 0.00604. The Kier molecular flexibility index (Phi) is 4.11. The quantitative estimate of drug-likeness (QED) is 0.583. The van der Waals surface area contributed by atoms with Crippen molar-refractivity contribution in [1.29, 1.82) is 0 Å². The van der Waals surface area contributed by atoms with Crippen LogP contribution in [0.15, 0.2) is 36.4 Å². The van der Waals surface area contributed by atoms with Gasteiger partial charge in [0.25, 0.3) is 0 Å². The maximum Gasteiger partial charge on any atom is 0.335 e. The Morgan fingerprint density at radius 2 is 2.06 bits per heavy atom. The number of halogens is 1. The molecule has 1 saturated heterocycles. The Balaban J connectivity index is 1.42. The average Bonchev–Trinajstić information content (AvgIpc) is 3.41. The molecule has 2 aromatic carbocycles. The van der Waals surface area contributed by atoms with Crippen LogP contribution in [0.1, 0.15) is 53.8 Å². The lowest BCUT2D eigenvalue weighted by Crippen LogP contribution is -2.53. The molecule has 7 rings (SSSR count). The van der Waals surface area contributed by atoms with E-state index in [1.165, 1.54) is 12.8 Å². The zero-order valence-corrected chi connectivity index (χ0v) is 19.5. The molecule has 2 fully saturated rings. The van der Waals surface area contributed by atoms with E-state index in [1.54, 1.807) is 12.1 Å². The van der Waals surface area contributed by atoms with Crippen LogP contribution >= 0.6 is 11.6 Å². The molecular formula is C26H25ClN4O3. The van der Waals surface area contributed by atoms with Crippen molar-refractivity contribution >= 4 is 40.2 Å². The molecule has 3 aliphatic heterocycles. The van der Waals surface area contributed by atoms with Crippen LogP contribution < -0.4 is 5.32 Å². The van der Waals surface area contributed by atoms with E-state index in [4.69, 9.17) is 16.6 Å². The van der Waals surface area contributed by atoms with Crippen LogP contribution in [0.3, 0.4) is 0 Å². The number of hydrogen-bond donors (Lipinski definition) is 2. The van der Waals surface area contributed by atoms with Gasteiger partial charge in [0.2, 0.25) is 5.91 Å². The van der Waals surface area contributed by atoms with Crippen molar-refractivity contribution in [3.63, 3.8) is 0 Å². The van der Waals surface area contributed by atoms with E-state index >= 15 is 0 Å². The fraction of sp³-hybridized carbons (Fsp3) is 0.423. The lowest BCUT2D eigenvalue weighted by atomic mass is 9.75. The third-order valence-corrected chi connectivity index (χ3v) is 8.81. The topological polar surface area (TPSA) is 87.5 Å². The van der Waals surface area contributed by atoms with E-state index in [0.717, 1.165) is 42.1 Å². The molecule has 0 bridgehead atoms. The van der Waals surface area contributed by atoms with Crippen molar-refractivity contribution in [2.75, 3.05) is 11.9 Å². The number of aromatic nitrogens is 2. The van der Waals surface area contributed by atoms with Gasteiger partial charge in [-0.25, -0.2) is 9.78 Å². The SMILES string of the molecule is C[C@@H]1C2c3nc4cc(C(=O)O)ccc4n3CCC2N(CC2CC2)[C@]12C(=O)Nc1cc(Cl)ccc12. The molecule has 34 heavy (non-hydrogen) atoms. The van der Waals surface area contributed by atoms with Crippen LogP contribution in [-0.2, 0) is 16.9 Å². The Labute approximate surface area is 201 Å². The molecule has 1 amide bonds. The van der Waals surface area contributed by atoms with Gasteiger partial charge in [-0.05, 0) is 61.4 Å². The van der Waals surface area contributed by atoms with Crippen molar-refractivity contribution in [3.05, 3.63) is 58.4 Å². The van der Waals surface area contributed by atoms with Gasteiger partial charge < -0.3 is 15.0 Å². The molecule has 4 atom stereocenters. The molecule has 7 nitrogen and oxygen atoms in total. The number of carboxylic acid groups (broad SMARTS) is 1. The number of carbonyl (C=O) groups is 2. The summed E-state index contributed by atoms with van der Waals surface area (Å²) in [5.41, 5.74) is 2.98. The van der Waals surface area contributed by atoms with Gasteiger partial charge in [-0.2, -0.15) is 0 Å². The van der Waals surface area contributed by atoms with Gasteiger partial charge in [0.15, 0.2) is 0 Å². The number of carboxylic acids is 1. The molecule has 1 saturated carbocycles. The number of anilines is 1. The number of carbonyl (C=O) groups excluding carboxylic acids is 1. The van der Waals surface area contributed by atoms with Crippen molar-refractivity contribution in [2.24, 2.45) is 11.8 Å². The maximum atomic E-state index is 13.8. The summed E-state index contributed by atoms with van der Waals surface area (Å²) in [6.45, 7) is 3.90. The standard InChI is InChI=1S/C26H25ClN4O3/c1-13-22-21(8-9-30-20-7-4-15(24(32)33)10-19(20)28-23(22)30)31(12-14-2-3-14)26(13)17-6-5-16(27)11-18(17)29-25(26)34/h4-7,10-11,13-14,21-22H,2-3,8-9,12H2,1H3,(H,29,34)(H,32,33)/t13-,21?,22?,26-/m1/s1. The van der Waals surface area contributed by atoms with Crippen LogP contribution in [0.4, 0.5) is 5.69 Å². The van der Waals surface area contributed by atoms with Crippen LogP contribution in [0.5, 0.6) is 0 Å². The first-order valence-corrected chi connectivity index (χ1v) is 12.4. The molecule has 2 unspecified atom stereocenters. The van der Waals surface area contributed by atoms with Crippen LogP contribution in [0, 0.1) is 11.8 Å². The van der Waals surface area contributed by atoms with E-state index in [1.807, 2.05) is 24.3 Å². The Hall–Kier alpha value is -2.90. The van der Waals surface area contributed by atoms with Crippen LogP contribution in [-0.4, -0.2) is 44.0 Å². The summed E-state index contributed by atoms with van der Waals surface area (Å²) < 4.78 is 2.24. The fourth-order valence-electron chi connectivity index (χ4n) is 6.96. The summed E-state index contributed by atoms with van der Waals surface area (Å²) in [6, 6.07) is 11.1. The smallest absolute Gasteiger partial charge is 0.335 e. The highest BCUT2D eigenvalue weighted by atomic mass is 35.5. The first-order valence-electron chi connectivity index (χ1n) is 12.0. The van der Waals surface area contributed by atoms with Gasteiger partial charge in [-0.3, -0.25) is 9.69 Å². The maximum absolute atomic E-state index is 13.8. The predicted octanol–water partition coefficient (Wildman–Crippen LogP) is 4.45. The van der Waals surface area contributed by atoms with Crippen LogP contribution in [0.2, 0.25) is 5.02 Å². The molecule has 1 spiro atoms. The third-order valence-electron chi connectivity index (χ3n) is 8.58. The second kappa shape index (κ2) is 6.83. The number of amides is 1. The summed E-state index contributed by atoms with van der Waals surface area (Å²) in [5.74, 6) is 0.740. The highest BCUT2D eigenvalue weighted by Crippen LogP contribution is 2.60. The van der Waals surface area contributed by atoms with E-state index < -0.39 is 11.5 Å². The molecule has 0 radical (unpaired) electrons. The molecule has 4 heterocycles. The normalized spacial score (nSPS) is 29.8. The fourth-order valence-corrected chi connectivity index (χ4v) is 7.13. The summed E-state index contributed by atoms with van der Waals surface area (Å²) in [4.78, 5) is 32.8. The molecule has 174 valence electrons. The molecule has 8 heteroatoms. The summed E-state index contributed by atoms with van der Waals surface area (Å²) in [6.07, 6.45) is 3.35. The number of nitrogens with one attached hydrogen (secondary N) is 1. The third kappa shape index (κ3) is 2.54. The number of aryl methyl sites for hydroxylation is 1. The Morgan fingerprint density at radius 1 is 1.24 bits per heavy atom. The minimum Gasteiger partial charge on any atom is -0.478 e. The first-order chi connectivity index (χ1) is 16.4. The van der Waals surface area contributed by atoms with E-state index in [2.05, 4.69) is 21.7 Å². The van der Waals surface area contributed by atoms with Gasteiger partial charge >= 0.3 is 5.97 Å². The highest BCUT2D eigenvalue weighted by Gasteiger charge is 2.66. The Bertz CT molecular complexity index is 1400. The number of rotatable bonds is 3. The zero-order valence-electron chi connectivity index (χ0n) is 18.8. The Morgan fingerprint density at radius 3 is 2.82 bits per heavy atom. The number of fused-ring (bicyclic) bond motifs is 7. The number of likely N-dealkylation sites (tertiary alicyclic amines) is 1. The van der Waals surface area contributed by atoms with Crippen molar-refractivity contribution < 1.29 is 14.7 Å². The molecule has 1 aliphatic carbocycles. The number of benzene rings is 2. The minimum atomic E-state index is -0.951. The van der Waals surface area contributed by atoms with Crippen molar-refractivity contribution in [3.8, 4) is 0 Å². The van der Waals surface area contributed by atoms with Gasteiger partial charge in [0.1, 0.15) is 11.4 Å². The van der Waals surface area contributed by atoms with Gasteiger partial charge in [0.05, 0.1) is 16.6 Å². The number of aromatic carboxylic acids is 1. The average molecular weight is 477 g/mol. The van der Waals surface area contributed by atoms with Crippen LogP contribution in [0.25, 0.3) is 11.0 Å². The molecule has 2 N–H and O–H groups in total. The van der Waals surface area contributed by atoms with Gasteiger partial charge in [-0.15, -0.1) is 0 Å². The highest BCUT2D eigenvalue weighted by molar-refractivity contribution is 6.31. The molecule has 4 aliphatic rings.